The molecule has 1 atom stereocenters. The van der Waals surface area contributed by atoms with Gasteiger partial charge in [-0.1, -0.05) is 6.07 Å². The molecule has 0 bridgehead atoms. The lowest BCUT2D eigenvalue weighted by atomic mass is 10.2. The summed E-state index contributed by atoms with van der Waals surface area (Å²) in [6.07, 6.45) is -0.575. The van der Waals surface area contributed by atoms with Crippen molar-refractivity contribution in [1.82, 2.24) is 0 Å². The van der Waals surface area contributed by atoms with Gasteiger partial charge in [0, 0.05) is 13.6 Å². The fourth-order valence-electron chi connectivity index (χ4n) is 1.64. The van der Waals surface area contributed by atoms with E-state index in [1.807, 2.05) is 0 Å². The Labute approximate surface area is 99.0 Å². The van der Waals surface area contributed by atoms with Crippen molar-refractivity contribution in [2.75, 3.05) is 23.9 Å². The number of hydrogen-bond donors (Lipinski definition) is 3. The number of nitrogens with one attached hydrogen (secondary N) is 1. The third-order valence-corrected chi connectivity index (χ3v) is 2.30. The van der Waals surface area contributed by atoms with Crippen LogP contribution in [0, 0.1) is 10.1 Å². The first-order valence-electron chi connectivity index (χ1n) is 5.10. The Morgan fingerprint density at radius 3 is 2.76 bits per heavy atom. The summed E-state index contributed by atoms with van der Waals surface area (Å²) in [4.78, 5) is 12.1. The molecule has 1 unspecified atom stereocenters. The Kier molecular flexibility index (Phi) is 4.24. The lowest BCUT2D eigenvalue weighted by Gasteiger charge is -2.21. The molecule has 17 heavy (non-hydrogen) atoms. The molecule has 0 fully saturated rings. The average Bonchev–Trinajstić information content (AvgIpc) is 2.26. The molecule has 0 aliphatic carbocycles. The number of nitro benzene ring substituents is 1. The third-order valence-electron chi connectivity index (χ3n) is 2.30. The lowest BCUT2D eigenvalue weighted by molar-refractivity contribution is -0.383. The Morgan fingerprint density at radius 1 is 1.65 bits per heavy atom. The smallest absolute Gasteiger partial charge is 0.316 e. The normalized spacial score (nSPS) is 12.0. The summed E-state index contributed by atoms with van der Waals surface area (Å²) >= 11 is 0. The van der Waals surface area contributed by atoms with Crippen molar-refractivity contribution in [3.8, 4) is 0 Å². The predicted octanol–water partition coefficient (Wildman–Crippen LogP) is 0.697. The van der Waals surface area contributed by atoms with E-state index in [0.29, 0.717) is 12.2 Å². The van der Waals surface area contributed by atoms with Gasteiger partial charge in [0.25, 0.3) is 0 Å². The second-order valence-electron chi connectivity index (χ2n) is 3.80. The summed E-state index contributed by atoms with van der Waals surface area (Å²) in [5.41, 5.74) is 2.85. The van der Waals surface area contributed by atoms with Gasteiger partial charge in [0.15, 0.2) is 0 Å². The number of aliphatic hydroxyl groups is 1. The molecule has 1 aromatic rings. The maximum absolute atomic E-state index is 11.0. The van der Waals surface area contributed by atoms with Crippen molar-refractivity contribution in [2.24, 2.45) is 5.84 Å². The molecule has 7 heteroatoms. The number of rotatable bonds is 5. The first-order chi connectivity index (χ1) is 7.97. The first-order valence-corrected chi connectivity index (χ1v) is 5.10. The van der Waals surface area contributed by atoms with E-state index in [2.05, 4.69) is 5.43 Å². The van der Waals surface area contributed by atoms with Gasteiger partial charge in [0.1, 0.15) is 11.4 Å². The highest BCUT2D eigenvalue weighted by Crippen LogP contribution is 2.34. The minimum Gasteiger partial charge on any atom is -0.392 e. The molecule has 0 aromatic heterocycles. The van der Waals surface area contributed by atoms with Crippen LogP contribution in [0.4, 0.5) is 17.1 Å². The van der Waals surface area contributed by atoms with Crippen molar-refractivity contribution in [3.05, 3.63) is 28.3 Å². The molecule has 0 radical (unpaired) electrons. The molecular weight excluding hydrogens is 224 g/mol. The first kappa shape index (κ1) is 13.2. The molecule has 0 saturated carbocycles. The molecule has 0 amide bonds. The third kappa shape index (κ3) is 3.05. The van der Waals surface area contributed by atoms with Crippen molar-refractivity contribution in [3.63, 3.8) is 0 Å². The van der Waals surface area contributed by atoms with E-state index < -0.39 is 11.0 Å². The quantitative estimate of drug-likeness (QED) is 0.397. The Balaban J connectivity index is 3.18. The minimum absolute atomic E-state index is 0.0989. The molecule has 7 nitrogen and oxygen atoms in total. The monoisotopic (exact) mass is 240 g/mol. The predicted molar refractivity (Wildman–Crippen MR) is 65.9 cm³/mol. The highest BCUT2D eigenvalue weighted by molar-refractivity contribution is 5.76. The standard InChI is InChI=1S/C10H16N4O3/c1-7(15)6-13(2)9-5-3-4-8(12-11)10(9)14(16)17/h3-5,7,12,15H,6,11H2,1-2H3. The van der Waals surface area contributed by atoms with Crippen molar-refractivity contribution >= 4 is 17.1 Å². The molecule has 1 aromatic carbocycles. The van der Waals surface area contributed by atoms with Gasteiger partial charge < -0.3 is 15.4 Å². The number of nitro groups is 1. The number of likely N-dealkylation sites (N-methyl/N-ethyl adjacent to an activating group) is 1. The number of nitrogens with zero attached hydrogens (tertiary/aromatic N) is 2. The molecule has 0 aliphatic rings. The van der Waals surface area contributed by atoms with Gasteiger partial charge in [0.05, 0.1) is 11.0 Å². The SMILES string of the molecule is CC(O)CN(C)c1cccc(NN)c1[N+](=O)[O-]. The van der Waals surface area contributed by atoms with Crippen LogP contribution in [-0.4, -0.2) is 29.7 Å². The highest BCUT2D eigenvalue weighted by Gasteiger charge is 2.22. The zero-order valence-corrected chi connectivity index (χ0v) is 9.75. The van der Waals surface area contributed by atoms with Crippen molar-refractivity contribution in [1.29, 1.82) is 0 Å². The highest BCUT2D eigenvalue weighted by atomic mass is 16.6. The van der Waals surface area contributed by atoms with Gasteiger partial charge in [-0.3, -0.25) is 16.0 Å². The number of nitrogens with two attached hydrogens (primary N) is 1. The number of benzene rings is 1. The van der Waals surface area contributed by atoms with Gasteiger partial charge in [-0.2, -0.15) is 0 Å². The molecule has 0 spiro atoms. The summed E-state index contributed by atoms with van der Waals surface area (Å²) in [6, 6.07) is 4.80. The molecule has 0 heterocycles. The summed E-state index contributed by atoms with van der Waals surface area (Å²) in [7, 11) is 1.68. The van der Waals surface area contributed by atoms with E-state index >= 15 is 0 Å². The van der Waals surface area contributed by atoms with Crippen LogP contribution in [0.5, 0.6) is 0 Å². The second-order valence-corrected chi connectivity index (χ2v) is 3.80. The van der Waals surface area contributed by atoms with Gasteiger partial charge in [-0.15, -0.1) is 0 Å². The Bertz CT molecular complexity index is 409. The van der Waals surface area contributed by atoms with Crippen LogP contribution in [0.3, 0.4) is 0 Å². The number of hydrazine groups is 1. The van der Waals surface area contributed by atoms with E-state index in [-0.39, 0.29) is 11.4 Å². The number of hydrogen-bond acceptors (Lipinski definition) is 6. The number of para-hydroxylation sites is 1. The molecular formula is C10H16N4O3. The van der Waals surface area contributed by atoms with Gasteiger partial charge in [-0.05, 0) is 19.1 Å². The topological polar surface area (TPSA) is 105 Å². The van der Waals surface area contributed by atoms with Gasteiger partial charge in [-0.25, -0.2) is 0 Å². The van der Waals surface area contributed by atoms with Crippen LogP contribution in [0.1, 0.15) is 6.92 Å². The number of anilines is 2. The van der Waals surface area contributed by atoms with E-state index in [1.54, 1.807) is 31.0 Å². The fraction of sp³-hybridized carbons (Fsp3) is 0.400. The number of nitrogen functional groups attached to an aromatic ring is 1. The zero-order chi connectivity index (χ0) is 13.0. The minimum atomic E-state index is -0.575. The molecule has 0 saturated heterocycles. The fourth-order valence-corrected chi connectivity index (χ4v) is 1.64. The molecule has 1 rings (SSSR count). The Hall–Kier alpha value is -1.86. The summed E-state index contributed by atoms with van der Waals surface area (Å²) in [5, 5.41) is 20.3. The molecule has 0 aliphatic heterocycles. The maximum Gasteiger partial charge on any atom is 0.316 e. The molecule has 94 valence electrons. The zero-order valence-electron chi connectivity index (χ0n) is 9.75. The maximum atomic E-state index is 11.0. The summed E-state index contributed by atoms with van der Waals surface area (Å²) < 4.78 is 0. The van der Waals surface area contributed by atoms with E-state index in [0.717, 1.165) is 0 Å². The van der Waals surface area contributed by atoms with Crippen LogP contribution < -0.4 is 16.2 Å². The van der Waals surface area contributed by atoms with Crippen LogP contribution in [-0.2, 0) is 0 Å². The average molecular weight is 240 g/mol. The van der Waals surface area contributed by atoms with E-state index in [4.69, 9.17) is 5.84 Å². The lowest BCUT2D eigenvalue weighted by Crippen LogP contribution is -2.27. The van der Waals surface area contributed by atoms with Crippen LogP contribution in [0.15, 0.2) is 18.2 Å². The van der Waals surface area contributed by atoms with Crippen molar-refractivity contribution < 1.29 is 10.0 Å². The Morgan fingerprint density at radius 2 is 2.29 bits per heavy atom. The largest absolute Gasteiger partial charge is 0.392 e. The second kappa shape index (κ2) is 5.46. The van der Waals surface area contributed by atoms with Crippen LogP contribution in [0.2, 0.25) is 0 Å². The van der Waals surface area contributed by atoms with Crippen molar-refractivity contribution in [2.45, 2.75) is 13.0 Å². The van der Waals surface area contributed by atoms with Gasteiger partial charge >= 0.3 is 5.69 Å². The van der Waals surface area contributed by atoms with Crippen LogP contribution >= 0.6 is 0 Å². The van der Waals surface area contributed by atoms with Gasteiger partial charge in [0.2, 0.25) is 0 Å². The number of aliphatic hydroxyl groups excluding tert-OH is 1. The van der Waals surface area contributed by atoms with Crippen LogP contribution in [0.25, 0.3) is 0 Å². The summed E-state index contributed by atoms with van der Waals surface area (Å²) in [6.45, 7) is 1.92. The van der Waals surface area contributed by atoms with E-state index in [1.165, 1.54) is 6.07 Å². The van der Waals surface area contributed by atoms with E-state index in [9.17, 15) is 15.2 Å². The molecule has 4 N–H and O–H groups in total. The summed E-state index contributed by atoms with van der Waals surface area (Å²) in [5.74, 6) is 5.24.